The number of rotatable bonds is 4. The summed E-state index contributed by atoms with van der Waals surface area (Å²) in [5, 5.41) is 39.6. The van der Waals surface area contributed by atoms with Crippen molar-refractivity contribution in [3.05, 3.63) is 23.3 Å². The molecule has 0 spiro atoms. The van der Waals surface area contributed by atoms with Crippen molar-refractivity contribution in [1.29, 1.82) is 0 Å². The second-order valence-corrected chi connectivity index (χ2v) is 10.4. The number of ketones is 1. The molecule has 5 rings (SSSR count). The first kappa shape index (κ1) is 23.5. The van der Waals surface area contributed by atoms with Crippen molar-refractivity contribution in [2.45, 2.75) is 82.1 Å². The van der Waals surface area contributed by atoms with Crippen LogP contribution in [0.4, 0.5) is 0 Å². The summed E-state index contributed by atoms with van der Waals surface area (Å²) < 4.78 is 16.7. The van der Waals surface area contributed by atoms with Crippen molar-refractivity contribution >= 4 is 11.8 Å². The molecule has 1 heterocycles. The number of carbonyl (C=O) groups is 2. The van der Waals surface area contributed by atoms with Crippen LogP contribution < -0.4 is 9.47 Å². The molecule has 9 nitrogen and oxygen atoms in total. The van der Waals surface area contributed by atoms with Gasteiger partial charge < -0.3 is 34.6 Å². The Balaban J connectivity index is 1.42. The number of carboxylic acids is 1. The average molecular weight is 477 g/mol. The molecule has 3 aliphatic carbocycles. The monoisotopic (exact) mass is 476 g/mol. The SMILES string of the molecule is COc1cc2c(cc1O[C@@H]1O[C@H](C(=O)O)[C@@H](O)[C@H](O)[C@H]1O)CC[C@H]1[C@@H]2CC[C@]2(C)C(=O)CC[C@@H]12. The van der Waals surface area contributed by atoms with Crippen LogP contribution in [0, 0.1) is 17.3 Å². The predicted molar refractivity (Wildman–Crippen MR) is 118 cm³/mol. The van der Waals surface area contributed by atoms with E-state index in [-0.39, 0.29) is 11.2 Å². The average Bonchev–Trinajstić information content (AvgIpc) is 3.12. The number of aryl methyl sites for hydroxylation is 1. The third-order valence-electron chi connectivity index (χ3n) is 8.77. The Labute approximate surface area is 197 Å². The van der Waals surface area contributed by atoms with Gasteiger partial charge in [-0.15, -0.1) is 0 Å². The molecule has 0 aromatic heterocycles. The van der Waals surface area contributed by atoms with Gasteiger partial charge >= 0.3 is 5.97 Å². The van der Waals surface area contributed by atoms with Gasteiger partial charge in [-0.3, -0.25) is 4.79 Å². The zero-order valence-electron chi connectivity index (χ0n) is 19.3. The van der Waals surface area contributed by atoms with Gasteiger partial charge in [0.2, 0.25) is 6.29 Å². The van der Waals surface area contributed by atoms with Gasteiger partial charge in [0.05, 0.1) is 7.11 Å². The Morgan fingerprint density at radius 3 is 2.53 bits per heavy atom. The maximum Gasteiger partial charge on any atom is 0.335 e. The molecule has 1 aromatic rings. The van der Waals surface area contributed by atoms with Crippen LogP contribution in [0.25, 0.3) is 0 Å². The molecular formula is C25H32O9. The van der Waals surface area contributed by atoms with Crippen LogP contribution in [0.2, 0.25) is 0 Å². The third kappa shape index (κ3) is 3.52. The maximum atomic E-state index is 12.6. The maximum absolute atomic E-state index is 12.6. The molecule has 1 aliphatic heterocycles. The molecule has 3 fully saturated rings. The number of methoxy groups -OCH3 is 1. The van der Waals surface area contributed by atoms with Crippen LogP contribution in [-0.2, 0) is 20.7 Å². The van der Waals surface area contributed by atoms with Gasteiger partial charge in [0, 0.05) is 11.8 Å². The number of aliphatic hydroxyl groups excluding tert-OH is 3. The van der Waals surface area contributed by atoms with Crippen molar-refractivity contribution in [3.63, 3.8) is 0 Å². The van der Waals surface area contributed by atoms with Crippen molar-refractivity contribution in [2.75, 3.05) is 7.11 Å². The minimum atomic E-state index is -1.78. The minimum Gasteiger partial charge on any atom is -0.493 e. The minimum absolute atomic E-state index is 0.202. The summed E-state index contributed by atoms with van der Waals surface area (Å²) in [5.41, 5.74) is 2.07. The second kappa shape index (κ2) is 8.48. The van der Waals surface area contributed by atoms with E-state index >= 15 is 0 Å². The number of aliphatic carboxylic acids is 1. The fourth-order valence-electron chi connectivity index (χ4n) is 6.87. The Morgan fingerprint density at radius 1 is 1.06 bits per heavy atom. The van der Waals surface area contributed by atoms with E-state index < -0.39 is 36.7 Å². The fourth-order valence-corrected chi connectivity index (χ4v) is 6.87. The van der Waals surface area contributed by atoms with Gasteiger partial charge in [-0.05, 0) is 73.1 Å². The Kier molecular flexibility index (Phi) is 5.87. The van der Waals surface area contributed by atoms with Crippen LogP contribution in [-0.4, -0.2) is 70.0 Å². The van der Waals surface area contributed by atoms with Crippen molar-refractivity contribution in [2.24, 2.45) is 17.3 Å². The number of benzene rings is 1. The van der Waals surface area contributed by atoms with Gasteiger partial charge in [0.1, 0.15) is 24.1 Å². The molecule has 0 amide bonds. The number of ether oxygens (including phenoxy) is 3. The zero-order chi connectivity index (χ0) is 24.4. The Bertz CT molecular complexity index is 993. The van der Waals surface area contributed by atoms with E-state index in [2.05, 4.69) is 6.92 Å². The number of aliphatic hydroxyl groups is 3. The number of Topliss-reactive ketones (excluding diaryl/α,β-unsaturated/α-hetero) is 1. The molecular weight excluding hydrogens is 444 g/mol. The van der Waals surface area contributed by atoms with E-state index in [1.165, 1.54) is 12.7 Å². The molecule has 0 unspecified atom stereocenters. The predicted octanol–water partition coefficient (Wildman–Crippen LogP) is 1.39. The van der Waals surface area contributed by atoms with E-state index in [1.807, 2.05) is 12.1 Å². The first-order valence-electron chi connectivity index (χ1n) is 12.0. The lowest BCUT2D eigenvalue weighted by molar-refractivity contribution is -0.271. The lowest BCUT2D eigenvalue weighted by atomic mass is 9.55. The van der Waals surface area contributed by atoms with E-state index in [4.69, 9.17) is 14.2 Å². The molecule has 2 saturated carbocycles. The van der Waals surface area contributed by atoms with Gasteiger partial charge in [0.15, 0.2) is 17.6 Å². The van der Waals surface area contributed by atoms with Crippen molar-refractivity contribution < 1.29 is 44.2 Å². The van der Waals surface area contributed by atoms with Gasteiger partial charge in [-0.1, -0.05) is 6.92 Å². The fraction of sp³-hybridized carbons (Fsp3) is 0.680. The molecule has 34 heavy (non-hydrogen) atoms. The highest BCUT2D eigenvalue weighted by molar-refractivity contribution is 5.87. The smallest absolute Gasteiger partial charge is 0.335 e. The number of hydrogen-bond donors (Lipinski definition) is 4. The van der Waals surface area contributed by atoms with Crippen LogP contribution in [0.15, 0.2) is 12.1 Å². The van der Waals surface area contributed by atoms with E-state index in [0.717, 1.165) is 37.7 Å². The molecule has 9 heteroatoms. The number of carboxylic acid groups (broad SMARTS) is 1. The standard InChI is InChI=1S/C25H32O9/c1-25-8-7-12-13(15(25)5-6-18(25)26)4-3-11-9-17(16(32-2)10-14(11)12)33-24-21(29)19(27)20(28)22(34-24)23(30)31/h9-10,12-13,15,19-22,24,27-29H,3-8H2,1-2H3,(H,30,31)/t12-,13-,15-,19-,20-,21+,22-,24+,25-/m0/s1. The molecule has 9 atom stereocenters. The zero-order valence-corrected chi connectivity index (χ0v) is 19.3. The number of hydrogen-bond acceptors (Lipinski definition) is 8. The van der Waals surface area contributed by atoms with Crippen molar-refractivity contribution in [1.82, 2.24) is 0 Å². The van der Waals surface area contributed by atoms with Gasteiger partial charge in [0.25, 0.3) is 0 Å². The van der Waals surface area contributed by atoms with Gasteiger partial charge in [-0.25, -0.2) is 4.79 Å². The van der Waals surface area contributed by atoms with Gasteiger partial charge in [-0.2, -0.15) is 0 Å². The Hall–Kier alpha value is -2.20. The molecule has 186 valence electrons. The topological polar surface area (TPSA) is 143 Å². The molecule has 0 bridgehead atoms. The number of carbonyl (C=O) groups excluding carboxylic acids is 1. The summed E-state index contributed by atoms with van der Waals surface area (Å²) in [6.07, 6.45) is -3.16. The summed E-state index contributed by atoms with van der Waals surface area (Å²) in [5.74, 6) is 0.810. The van der Waals surface area contributed by atoms with Crippen LogP contribution >= 0.6 is 0 Å². The highest BCUT2D eigenvalue weighted by Crippen LogP contribution is 2.60. The molecule has 0 radical (unpaired) electrons. The summed E-state index contributed by atoms with van der Waals surface area (Å²) in [6, 6.07) is 3.78. The highest BCUT2D eigenvalue weighted by atomic mass is 16.7. The summed E-state index contributed by atoms with van der Waals surface area (Å²) in [4.78, 5) is 24.0. The third-order valence-corrected chi connectivity index (χ3v) is 8.77. The summed E-state index contributed by atoms with van der Waals surface area (Å²) in [6.45, 7) is 2.14. The van der Waals surface area contributed by atoms with Crippen LogP contribution in [0.5, 0.6) is 11.5 Å². The van der Waals surface area contributed by atoms with E-state index in [0.29, 0.717) is 35.7 Å². The second-order valence-electron chi connectivity index (χ2n) is 10.4. The lowest BCUT2D eigenvalue weighted by Crippen LogP contribution is -2.61. The largest absolute Gasteiger partial charge is 0.493 e. The quantitative estimate of drug-likeness (QED) is 0.507. The molecule has 4 N–H and O–H groups in total. The Morgan fingerprint density at radius 2 is 1.82 bits per heavy atom. The molecule has 1 aromatic carbocycles. The first-order valence-corrected chi connectivity index (χ1v) is 12.0. The van der Waals surface area contributed by atoms with E-state index in [1.54, 1.807) is 0 Å². The normalized spacial score (nSPS) is 41.3. The highest BCUT2D eigenvalue weighted by Gasteiger charge is 2.55. The number of fused-ring (bicyclic) bond motifs is 5. The first-order chi connectivity index (χ1) is 16.2. The summed E-state index contributed by atoms with van der Waals surface area (Å²) >= 11 is 0. The van der Waals surface area contributed by atoms with Crippen molar-refractivity contribution in [3.8, 4) is 11.5 Å². The van der Waals surface area contributed by atoms with Crippen LogP contribution in [0.1, 0.15) is 56.1 Å². The van der Waals surface area contributed by atoms with E-state index in [9.17, 15) is 30.0 Å². The summed E-state index contributed by atoms with van der Waals surface area (Å²) in [7, 11) is 1.50. The molecule has 1 saturated heterocycles. The molecule has 4 aliphatic rings. The lowest BCUT2D eigenvalue weighted by Gasteiger charge is -2.48. The van der Waals surface area contributed by atoms with Crippen LogP contribution in [0.3, 0.4) is 0 Å².